The molecule has 3 amide bonds. The minimum absolute atomic E-state index is 0.115. The molecule has 0 radical (unpaired) electrons. The molecule has 1 unspecified atom stereocenters. The van der Waals surface area contributed by atoms with Crippen LogP contribution in [0.4, 0.5) is 4.79 Å². The molecule has 0 aromatic heterocycles. The highest BCUT2D eigenvalue weighted by Gasteiger charge is 2.30. The van der Waals surface area contributed by atoms with Crippen LogP contribution in [0.3, 0.4) is 0 Å². The third-order valence-corrected chi connectivity index (χ3v) is 2.35. The van der Waals surface area contributed by atoms with Crippen molar-refractivity contribution in [3.8, 4) is 0 Å². The van der Waals surface area contributed by atoms with Crippen molar-refractivity contribution in [2.45, 2.75) is 19.4 Å². The number of hydrogen-bond donors (Lipinski definition) is 1. The van der Waals surface area contributed by atoms with Gasteiger partial charge in [0.1, 0.15) is 6.54 Å². The lowest BCUT2D eigenvalue weighted by Crippen LogP contribution is -2.37. The fourth-order valence-corrected chi connectivity index (χ4v) is 1.41. The summed E-state index contributed by atoms with van der Waals surface area (Å²) in [6, 6.07) is -0.148. The van der Waals surface area contributed by atoms with Crippen LogP contribution in [-0.2, 0) is 4.79 Å². The highest BCUT2D eigenvalue weighted by molar-refractivity contribution is 6.02. The summed E-state index contributed by atoms with van der Waals surface area (Å²) in [7, 11) is 3.98. The van der Waals surface area contributed by atoms with Crippen LogP contribution < -0.4 is 5.32 Å². The van der Waals surface area contributed by atoms with Crippen molar-refractivity contribution in [1.82, 2.24) is 15.1 Å². The summed E-state index contributed by atoms with van der Waals surface area (Å²) in [6.07, 6.45) is 0.883. The molecule has 0 saturated carbocycles. The SMILES string of the molecule is CC(CCN(C)C)N1CC(=O)NC1=O. The van der Waals surface area contributed by atoms with Crippen molar-refractivity contribution in [2.24, 2.45) is 0 Å². The second-order valence-corrected chi connectivity index (χ2v) is 3.92. The zero-order valence-electron chi connectivity index (χ0n) is 8.91. The molecule has 0 spiro atoms. The molecule has 0 aromatic carbocycles. The molecule has 0 aromatic rings. The number of carbonyl (C=O) groups is 2. The maximum absolute atomic E-state index is 11.3. The largest absolute Gasteiger partial charge is 0.324 e. The second-order valence-electron chi connectivity index (χ2n) is 3.92. The van der Waals surface area contributed by atoms with E-state index in [9.17, 15) is 9.59 Å². The summed E-state index contributed by atoms with van der Waals surface area (Å²) in [5, 5.41) is 2.27. The first-order chi connectivity index (χ1) is 6.50. The summed E-state index contributed by atoms with van der Waals surface area (Å²) in [6.45, 7) is 3.08. The van der Waals surface area contributed by atoms with Crippen LogP contribution in [-0.4, -0.2) is 55.0 Å². The van der Waals surface area contributed by atoms with Gasteiger partial charge >= 0.3 is 6.03 Å². The first kappa shape index (κ1) is 11.0. The average Bonchev–Trinajstić information content (AvgIpc) is 2.41. The summed E-state index contributed by atoms with van der Waals surface area (Å²) in [4.78, 5) is 25.8. The fraction of sp³-hybridized carbons (Fsp3) is 0.778. The third kappa shape index (κ3) is 2.70. The first-order valence-corrected chi connectivity index (χ1v) is 4.76. The number of hydrogen-bond acceptors (Lipinski definition) is 3. The van der Waals surface area contributed by atoms with Crippen LogP contribution in [0.5, 0.6) is 0 Å². The molecule has 1 N–H and O–H groups in total. The minimum atomic E-state index is -0.263. The Hall–Kier alpha value is -1.10. The Kier molecular flexibility index (Phi) is 3.46. The van der Waals surface area contributed by atoms with E-state index in [-0.39, 0.29) is 24.5 Å². The van der Waals surface area contributed by atoms with Crippen molar-refractivity contribution in [3.05, 3.63) is 0 Å². The number of nitrogens with one attached hydrogen (secondary N) is 1. The number of nitrogens with zero attached hydrogens (tertiary/aromatic N) is 2. The van der Waals surface area contributed by atoms with Crippen LogP contribution in [0, 0.1) is 0 Å². The molecule has 1 aliphatic heterocycles. The Bertz CT molecular complexity index is 240. The van der Waals surface area contributed by atoms with Gasteiger partial charge in [-0.2, -0.15) is 0 Å². The van der Waals surface area contributed by atoms with Crippen molar-refractivity contribution in [1.29, 1.82) is 0 Å². The molecule has 1 atom stereocenters. The second kappa shape index (κ2) is 4.41. The van der Waals surface area contributed by atoms with E-state index in [2.05, 4.69) is 10.2 Å². The molecular formula is C9H17N3O2. The Balaban J connectivity index is 2.40. The zero-order chi connectivity index (χ0) is 10.7. The molecule has 14 heavy (non-hydrogen) atoms. The highest BCUT2D eigenvalue weighted by atomic mass is 16.2. The fourth-order valence-electron chi connectivity index (χ4n) is 1.41. The van der Waals surface area contributed by atoms with Gasteiger partial charge in [0.2, 0.25) is 5.91 Å². The smallest absolute Gasteiger partial charge is 0.312 e. The highest BCUT2D eigenvalue weighted by Crippen LogP contribution is 2.08. The Morgan fingerprint density at radius 1 is 1.50 bits per heavy atom. The number of amides is 3. The van der Waals surface area contributed by atoms with Crippen molar-refractivity contribution >= 4 is 11.9 Å². The predicted octanol–water partition coefficient (Wildman–Crippen LogP) is -0.122. The maximum Gasteiger partial charge on any atom is 0.324 e. The minimum Gasteiger partial charge on any atom is -0.312 e. The van der Waals surface area contributed by atoms with Crippen molar-refractivity contribution < 1.29 is 9.59 Å². The van der Waals surface area contributed by atoms with Crippen molar-refractivity contribution in [3.63, 3.8) is 0 Å². The molecule has 1 rings (SSSR count). The van der Waals surface area contributed by atoms with E-state index >= 15 is 0 Å². The van der Waals surface area contributed by atoms with Crippen LogP contribution in [0.2, 0.25) is 0 Å². The number of rotatable bonds is 4. The molecule has 5 heteroatoms. The van der Waals surface area contributed by atoms with E-state index in [0.29, 0.717) is 0 Å². The molecule has 5 nitrogen and oxygen atoms in total. The normalized spacial score (nSPS) is 19.0. The summed E-state index contributed by atoms with van der Waals surface area (Å²) < 4.78 is 0. The molecule has 80 valence electrons. The van der Waals surface area contributed by atoms with Crippen LogP contribution in [0.15, 0.2) is 0 Å². The molecule has 1 aliphatic rings. The van der Waals surface area contributed by atoms with E-state index in [1.54, 1.807) is 4.90 Å². The quantitative estimate of drug-likeness (QED) is 0.642. The van der Waals surface area contributed by atoms with Gasteiger partial charge in [0.25, 0.3) is 0 Å². The van der Waals surface area contributed by atoms with Crippen LogP contribution in [0.1, 0.15) is 13.3 Å². The molecule has 0 bridgehead atoms. The van der Waals surface area contributed by atoms with Gasteiger partial charge in [-0.3, -0.25) is 10.1 Å². The standard InChI is InChI=1S/C9H17N3O2/c1-7(4-5-11(2)3)12-6-8(13)10-9(12)14/h7H,4-6H2,1-3H3,(H,10,13,14). The number of carbonyl (C=O) groups excluding carboxylic acids is 2. The van der Waals surface area contributed by atoms with Gasteiger partial charge in [-0.15, -0.1) is 0 Å². The van der Waals surface area contributed by atoms with Gasteiger partial charge in [0.05, 0.1) is 0 Å². The van der Waals surface area contributed by atoms with E-state index in [4.69, 9.17) is 0 Å². The van der Waals surface area contributed by atoms with E-state index in [1.165, 1.54) is 0 Å². The number of imide groups is 1. The Morgan fingerprint density at radius 3 is 2.57 bits per heavy atom. The van der Waals surface area contributed by atoms with E-state index in [0.717, 1.165) is 13.0 Å². The molecular weight excluding hydrogens is 182 g/mol. The van der Waals surface area contributed by atoms with Gasteiger partial charge < -0.3 is 9.80 Å². The lowest BCUT2D eigenvalue weighted by atomic mass is 10.2. The molecule has 1 saturated heterocycles. The Morgan fingerprint density at radius 2 is 2.14 bits per heavy atom. The van der Waals surface area contributed by atoms with Gasteiger partial charge in [-0.1, -0.05) is 0 Å². The van der Waals surface area contributed by atoms with Gasteiger partial charge in [0.15, 0.2) is 0 Å². The van der Waals surface area contributed by atoms with Crippen LogP contribution in [0.25, 0.3) is 0 Å². The third-order valence-electron chi connectivity index (χ3n) is 2.35. The van der Waals surface area contributed by atoms with Gasteiger partial charge in [-0.05, 0) is 34.0 Å². The lowest BCUT2D eigenvalue weighted by molar-refractivity contribution is -0.118. The lowest BCUT2D eigenvalue weighted by Gasteiger charge is -2.23. The van der Waals surface area contributed by atoms with E-state index < -0.39 is 0 Å². The van der Waals surface area contributed by atoms with Gasteiger partial charge in [0, 0.05) is 6.04 Å². The summed E-state index contributed by atoms with van der Waals surface area (Å²) >= 11 is 0. The molecule has 1 heterocycles. The number of urea groups is 1. The zero-order valence-corrected chi connectivity index (χ0v) is 8.91. The topological polar surface area (TPSA) is 52.6 Å². The molecule has 1 fully saturated rings. The average molecular weight is 199 g/mol. The van der Waals surface area contributed by atoms with Crippen LogP contribution >= 0.6 is 0 Å². The molecule has 0 aliphatic carbocycles. The first-order valence-electron chi connectivity index (χ1n) is 4.76. The summed E-state index contributed by atoms with van der Waals surface area (Å²) in [5.41, 5.74) is 0. The monoisotopic (exact) mass is 199 g/mol. The Labute approximate surface area is 84.0 Å². The van der Waals surface area contributed by atoms with Crippen molar-refractivity contribution in [2.75, 3.05) is 27.2 Å². The van der Waals surface area contributed by atoms with Gasteiger partial charge in [-0.25, -0.2) is 4.79 Å². The van der Waals surface area contributed by atoms with E-state index in [1.807, 2.05) is 21.0 Å². The maximum atomic E-state index is 11.3. The predicted molar refractivity (Wildman–Crippen MR) is 52.9 cm³/mol. The summed E-state index contributed by atoms with van der Waals surface area (Å²) in [5.74, 6) is -0.202.